The molecule has 3 rings (SSSR count). The Balaban J connectivity index is 2.24. The quantitative estimate of drug-likeness (QED) is 0.733. The van der Waals surface area contributed by atoms with E-state index in [1.54, 1.807) is 23.9 Å². The molecule has 1 aromatic carbocycles. The van der Waals surface area contributed by atoms with Gasteiger partial charge in [-0.3, -0.25) is 0 Å². The maximum Gasteiger partial charge on any atom is 0.240 e. The molecule has 3 aromatic rings. The summed E-state index contributed by atoms with van der Waals surface area (Å²) in [6, 6.07) is 9.35. The maximum absolute atomic E-state index is 5.60. The van der Waals surface area contributed by atoms with Gasteiger partial charge < -0.3 is 10.5 Å². The molecule has 0 fully saturated rings. The molecule has 0 radical (unpaired) electrons. The van der Waals surface area contributed by atoms with Gasteiger partial charge in [0.1, 0.15) is 5.75 Å². The number of hydrogen-bond donors (Lipinski definition) is 1. The van der Waals surface area contributed by atoms with Gasteiger partial charge in [-0.25, -0.2) is 4.98 Å². The summed E-state index contributed by atoms with van der Waals surface area (Å²) >= 11 is 0. The lowest BCUT2D eigenvalue weighted by Crippen LogP contribution is -1.98. The molecule has 0 aliphatic heterocycles. The van der Waals surface area contributed by atoms with Crippen LogP contribution >= 0.6 is 0 Å². The van der Waals surface area contributed by atoms with E-state index in [4.69, 9.17) is 10.5 Å². The van der Waals surface area contributed by atoms with E-state index in [9.17, 15) is 0 Å². The zero-order chi connectivity index (χ0) is 12.5. The van der Waals surface area contributed by atoms with Crippen molar-refractivity contribution in [2.45, 2.75) is 0 Å². The van der Waals surface area contributed by atoms with Crippen LogP contribution in [0.15, 0.2) is 36.5 Å². The van der Waals surface area contributed by atoms with Gasteiger partial charge in [-0.15, -0.1) is 5.10 Å². The first-order valence-corrected chi connectivity index (χ1v) is 5.39. The molecule has 2 heterocycles. The number of ether oxygens (including phenoxy) is 1. The molecule has 6 heteroatoms. The molecule has 90 valence electrons. The SMILES string of the molecule is COc1cccc(-c2nccc3nc(N)nn23)c1. The van der Waals surface area contributed by atoms with Gasteiger partial charge in [0.05, 0.1) is 7.11 Å². The molecule has 0 saturated carbocycles. The number of nitrogens with two attached hydrogens (primary N) is 1. The van der Waals surface area contributed by atoms with Crippen molar-refractivity contribution >= 4 is 11.6 Å². The third-order valence-corrected chi connectivity index (χ3v) is 2.60. The summed E-state index contributed by atoms with van der Waals surface area (Å²) in [5.41, 5.74) is 7.16. The van der Waals surface area contributed by atoms with Crippen molar-refractivity contribution in [3.05, 3.63) is 36.5 Å². The fraction of sp³-hybridized carbons (Fsp3) is 0.0833. The van der Waals surface area contributed by atoms with Crippen molar-refractivity contribution in [1.82, 2.24) is 19.6 Å². The van der Waals surface area contributed by atoms with Crippen LogP contribution < -0.4 is 10.5 Å². The minimum absolute atomic E-state index is 0.229. The van der Waals surface area contributed by atoms with Crippen LogP contribution in [0.5, 0.6) is 5.75 Å². The van der Waals surface area contributed by atoms with Crippen molar-refractivity contribution in [2.24, 2.45) is 0 Å². The number of rotatable bonds is 2. The van der Waals surface area contributed by atoms with Crippen molar-refractivity contribution in [3.8, 4) is 17.1 Å². The number of aromatic nitrogens is 4. The predicted octanol–water partition coefficient (Wildman–Crippen LogP) is 1.38. The van der Waals surface area contributed by atoms with E-state index in [0.29, 0.717) is 11.5 Å². The second-order valence-corrected chi connectivity index (χ2v) is 3.74. The van der Waals surface area contributed by atoms with Crippen LogP contribution in [-0.2, 0) is 0 Å². The van der Waals surface area contributed by atoms with E-state index >= 15 is 0 Å². The molecular weight excluding hydrogens is 230 g/mol. The maximum atomic E-state index is 5.60. The summed E-state index contributed by atoms with van der Waals surface area (Å²) < 4.78 is 6.81. The average Bonchev–Trinajstić information content (AvgIpc) is 2.78. The Morgan fingerprint density at radius 2 is 2.17 bits per heavy atom. The van der Waals surface area contributed by atoms with Crippen LogP contribution in [0.2, 0.25) is 0 Å². The van der Waals surface area contributed by atoms with Crippen LogP contribution in [0.1, 0.15) is 0 Å². The lowest BCUT2D eigenvalue weighted by Gasteiger charge is -2.05. The highest BCUT2D eigenvalue weighted by Gasteiger charge is 2.08. The van der Waals surface area contributed by atoms with Gasteiger partial charge in [0, 0.05) is 17.8 Å². The molecule has 0 aliphatic carbocycles. The normalized spacial score (nSPS) is 10.7. The molecule has 6 nitrogen and oxygen atoms in total. The highest BCUT2D eigenvalue weighted by molar-refractivity contribution is 5.61. The number of nitrogen functional groups attached to an aromatic ring is 1. The predicted molar refractivity (Wildman–Crippen MR) is 67.2 cm³/mol. The number of anilines is 1. The lowest BCUT2D eigenvalue weighted by atomic mass is 10.2. The third-order valence-electron chi connectivity index (χ3n) is 2.60. The van der Waals surface area contributed by atoms with Crippen LogP contribution in [0.25, 0.3) is 17.0 Å². The fourth-order valence-corrected chi connectivity index (χ4v) is 1.79. The first kappa shape index (κ1) is 10.5. The second-order valence-electron chi connectivity index (χ2n) is 3.74. The van der Waals surface area contributed by atoms with Gasteiger partial charge >= 0.3 is 0 Å². The van der Waals surface area contributed by atoms with Gasteiger partial charge in [0.25, 0.3) is 0 Å². The Kier molecular flexibility index (Phi) is 2.33. The van der Waals surface area contributed by atoms with Crippen molar-refractivity contribution < 1.29 is 4.74 Å². The number of hydrogen-bond acceptors (Lipinski definition) is 5. The Morgan fingerprint density at radius 3 is 3.00 bits per heavy atom. The molecule has 0 bridgehead atoms. The van der Waals surface area contributed by atoms with Crippen LogP contribution in [0.4, 0.5) is 5.95 Å². The summed E-state index contributed by atoms with van der Waals surface area (Å²) in [5, 5.41) is 4.12. The summed E-state index contributed by atoms with van der Waals surface area (Å²) in [6.45, 7) is 0. The van der Waals surface area contributed by atoms with E-state index < -0.39 is 0 Å². The fourth-order valence-electron chi connectivity index (χ4n) is 1.79. The monoisotopic (exact) mass is 241 g/mol. The molecule has 0 unspecified atom stereocenters. The van der Waals surface area contributed by atoms with Crippen molar-refractivity contribution in [2.75, 3.05) is 12.8 Å². The third kappa shape index (κ3) is 1.64. The van der Waals surface area contributed by atoms with Gasteiger partial charge in [-0.05, 0) is 12.1 Å². The van der Waals surface area contributed by atoms with E-state index in [2.05, 4.69) is 15.1 Å². The number of fused-ring (bicyclic) bond motifs is 1. The van der Waals surface area contributed by atoms with Crippen LogP contribution in [0.3, 0.4) is 0 Å². The number of benzene rings is 1. The standard InChI is InChI=1S/C12H11N5O/c1-18-9-4-2-3-8(7-9)11-14-6-5-10-15-12(13)16-17(10)11/h2-7H,1H3,(H2,13,16). The van der Waals surface area contributed by atoms with E-state index in [1.807, 2.05) is 24.3 Å². The molecule has 0 aliphatic rings. The average molecular weight is 241 g/mol. The number of methoxy groups -OCH3 is 1. The molecule has 18 heavy (non-hydrogen) atoms. The highest BCUT2D eigenvalue weighted by Crippen LogP contribution is 2.22. The molecule has 0 atom stereocenters. The van der Waals surface area contributed by atoms with Crippen LogP contribution in [0, 0.1) is 0 Å². The molecule has 2 N–H and O–H groups in total. The Labute approximate surface area is 103 Å². The van der Waals surface area contributed by atoms with E-state index in [-0.39, 0.29) is 5.95 Å². The molecule has 0 amide bonds. The molecule has 2 aromatic heterocycles. The molecule has 0 saturated heterocycles. The van der Waals surface area contributed by atoms with Gasteiger partial charge in [-0.1, -0.05) is 12.1 Å². The Morgan fingerprint density at radius 1 is 1.28 bits per heavy atom. The summed E-state index contributed by atoms with van der Waals surface area (Å²) in [5.74, 6) is 1.67. The number of nitrogens with zero attached hydrogens (tertiary/aromatic N) is 4. The molecular formula is C12H11N5O. The topological polar surface area (TPSA) is 78.3 Å². The highest BCUT2D eigenvalue weighted by atomic mass is 16.5. The lowest BCUT2D eigenvalue weighted by molar-refractivity contribution is 0.415. The van der Waals surface area contributed by atoms with E-state index in [0.717, 1.165) is 11.3 Å². The summed E-state index contributed by atoms with van der Waals surface area (Å²) in [7, 11) is 1.63. The minimum Gasteiger partial charge on any atom is -0.497 e. The zero-order valence-corrected chi connectivity index (χ0v) is 9.74. The van der Waals surface area contributed by atoms with Gasteiger partial charge in [-0.2, -0.15) is 9.50 Å². The Bertz CT molecular complexity index is 707. The van der Waals surface area contributed by atoms with Crippen LogP contribution in [-0.4, -0.2) is 26.7 Å². The van der Waals surface area contributed by atoms with E-state index in [1.165, 1.54) is 0 Å². The first-order chi connectivity index (χ1) is 8.78. The largest absolute Gasteiger partial charge is 0.497 e. The molecule has 0 spiro atoms. The van der Waals surface area contributed by atoms with Crippen molar-refractivity contribution in [3.63, 3.8) is 0 Å². The Hall–Kier alpha value is -2.63. The van der Waals surface area contributed by atoms with Gasteiger partial charge in [0.2, 0.25) is 5.95 Å². The smallest absolute Gasteiger partial charge is 0.240 e. The van der Waals surface area contributed by atoms with Crippen molar-refractivity contribution in [1.29, 1.82) is 0 Å². The minimum atomic E-state index is 0.229. The zero-order valence-electron chi connectivity index (χ0n) is 9.74. The first-order valence-electron chi connectivity index (χ1n) is 5.39. The summed E-state index contributed by atoms with van der Waals surface area (Å²) in [4.78, 5) is 8.42. The van der Waals surface area contributed by atoms with Gasteiger partial charge in [0.15, 0.2) is 11.5 Å². The summed E-state index contributed by atoms with van der Waals surface area (Å²) in [6.07, 6.45) is 1.68. The second kappa shape index (κ2) is 3.99.